The van der Waals surface area contributed by atoms with Crippen LogP contribution in [-0.4, -0.2) is 4.57 Å². The highest BCUT2D eigenvalue weighted by atomic mass is 15.0. The third kappa shape index (κ3) is 2.07. The van der Waals surface area contributed by atoms with E-state index in [9.17, 15) is 0 Å². The highest BCUT2D eigenvalue weighted by molar-refractivity contribution is 6.36. The fourth-order valence-electron chi connectivity index (χ4n) is 6.01. The molecule has 7 rings (SSSR count). The summed E-state index contributed by atoms with van der Waals surface area (Å²) in [7, 11) is 0. The van der Waals surface area contributed by atoms with Gasteiger partial charge in [0.1, 0.15) is 0 Å². The van der Waals surface area contributed by atoms with Crippen LogP contribution in [0.15, 0.2) is 84.9 Å². The first-order chi connectivity index (χ1) is 14.9. The van der Waals surface area contributed by atoms with Gasteiger partial charge in [-0.3, -0.25) is 0 Å². The van der Waals surface area contributed by atoms with E-state index in [4.69, 9.17) is 0 Å². The van der Waals surface area contributed by atoms with Gasteiger partial charge in [-0.05, 0) is 40.5 Å². The molecule has 0 unspecified atom stereocenters. The molecule has 1 heteroatoms. The number of nitrogens with zero attached hydrogens (tertiary/aromatic N) is 1. The first-order valence-corrected chi connectivity index (χ1v) is 11.2. The lowest BCUT2D eigenvalue weighted by molar-refractivity contribution is 0.551. The van der Waals surface area contributed by atoms with Crippen molar-refractivity contribution in [3.63, 3.8) is 0 Å². The first kappa shape index (κ1) is 16.5. The van der Waals surface area contributed by atoms with Crippen molar-refractivity contribution in [2.75, 3.05) is 0 Å². The number of aromatic nitrogens is 1. The lowest BCUT2D eigenvalue weighted by atomic mass is 9.93. The van der Waals surface area contributed by atoms with Crippen LogP contribution in [-0.2, 0) is 0 Å². The Morgan fingerprint density at radius 1 is 0.533 bits per heavy atom. The SMILES string of the molecule is c1ccc2c(c1)ccc1c3ccccc3c3c(c4ccccc4n3C3CCCC3)c21. The molecule has 0 radical (unpaired) electrons. The Hall–Kier alpha value is -3.32. The summed E-state index contributed by atoms with van der Waals surface area (Å²) in [6, 6.07) is 32.2. The Kier molecular flexibility index (Phi) is 3.34. The van der Waals surface area contributed by atoms with Gasteiger partial charge in [-0.2, -0.15) is 0 Å². The number of hydrogen-bond donors (Lipinski definition) is 0. The van der Waals surface area contributed by atoms with Gasteiger partial charge in [0.2, 0.25) is 0 Å². The summed E-state index contributed by atoms with van der Waals surface area (Å²) in [5.74, 6) is 0. The van der Waals surface area contributed by atoms with Crippen LogP contribution in [0.3, 0.4) is 0 Å². The average molecular weight is 386 g/mol. The Labute approximate surface area is 175 Å². The Bertz CT molecular complexity index is 1600. The maximum atomic E-state index is 2.70. The molecule has 0 aliphatic heterocycles. The van der Waals surface area contributed by atoms with Crippen LogP contribution in [0.25, 0.3) is 54.1 Å². The minimum atomic E-state index is 0.600. The van der Waals surface area contributed by atoms with E-state index < -0.39 is 0 Å². The van der Waals surface area contributed by atoms with Gasteiger partial charge in [0.25, 0.3) is 0 Å². The number of para-hydroxylation sites is 1. The first-order valence-electron chi connectivity index (χ1n) is 11.2. The summed E-state index contributed by atoms with van der Waals surface area (Å²) < 4.78 is 2.70. The number of rotatable bonds is 1. The minimum Gasteiger partial charge on any atom is -0.337 e. The second-order valence-electron chi connectivity index (χ2n) is 8.80. The molecule has 1 aliphatic carbocycles. The highest BCUT2D eigenvalue weighted by Crippen LogP contribution is 2.46. The average Bonchev–Trinajstić information content (AvgIpc) is 3.45. The summed E-state index contributed by atoms with van der Waals surface area (Å²) in [5.41, 5.74) is 2.83. The van der Waals surface area contributed by atoms with E-state index in [0.29, 0.717) is 6.04 Å². The quantitative estimate of drug-likeness (QED) is 0.251. The second kappa shape index (κ2) is 6.09. The molecule has 1 aliphatic rings. The topological polar surface area (TPSA) is 4.93 Å². The lowest BCUT2D eigenvalue weighted by Gasteiger charge is -2.18. The molecule has 6 aromatic rings. The molecule has 0 N–H and O–H groups in total. The third-order valence-electron chi connectivity index (χ3n) is 7.25. The van der Waals surface area contributed by atoms with Crippen LogP contribution >= 0.6 is 0 Å². The molecule has 0 saturated heterocycles. The van der Waals surface area contributed by atoms with E-state index >= 15 is 0 Å². The fraction of sp³-hybridized carbons (Fsp3) is 0.172. The van der Waals surface area contributed by atoms with Gasteiger partial charge in [-0.25, -0.2) is 0 Å². The summed E-state index contributed by atoms with van der Waals surface area (Å²) in [6.45, 7) is 0. The smallest absolute Gasteiger partial charge is 0.0580 e. The molecule has 1 aromatic heterocycles. The zero-order valence-electron chi connectivity index (χ0n) is 16.9. The predicted molar refractivity (Wildman–Crippen MR) is 129 cm³/mol. The molecule has 1 heterocycles. The molecule has 30 heavy (non-hydrogen) atoms. The van der Waals surface area contributed by atoms with Crippen molar-refractivity contribution in [2.24, 2.45) is 0 Å². The van der Waals surface area contributed by atoms with Crippen LogP contribution in [0.1, 0.15) is 31.7 Å². The number of benzene rings is 5. The van der Waals surface area contributed by atoms with Gasteiger partial charge in [0.05, 0.1) is 5.52 Å². The van der Waals surface area contributed by atoms with Crippen LogP contribution in [0.4, 0.5) is 0 Å². The Morgan fingerprint density at radius 2 is 1.20 bits per heavy atom. The van der Waals surface area contributed by atoms with Gasteiger partial charge in [-0.15, -0.1) is 0 Å². The minimum absolute atomic E-state index is 0.600. The molecular weight excluding hydrogens is 362 g/mol. The van der Waals surface area contributed by atoms with Crippen LogP contribution < -0.4 is 0 Å². The van der Waals surface area contributed by atoms with Gasteiger partial charge in [-0.1, -0.05) is 91.7 Å². The highest BCUT2D eigenvalue weighted by Gasteiger charge is 2.25. The Morgan fingerprint density at radius 3 is 2.03 bits per heavy atom. The van der Waals surface area contributed by atoms with Crippen molar-refractivity contribution in [1.82, 2.24) is 4.57 Å². The number of hydrogen-bond acceptors (Lipinski definition) is 0. The van der Waals surface area contributed by atoms with Crippen molar-refractivity contribution in [3.05, 3.63) is 84.9 Å². The van der Waals surface area contributed by atoms with E-state index in [1.54, 1.807) is 0 Å². The van der Waals surface area contributed by atoms with Crippen LogP contribution in [0.2, 0.25) is 0 Å². The standard InChI is InChI=1S/C29H23N/c1-4-12-21-19(9-1)17-18-23-22-13-5-6-14-24(22)29-28(27(21)23)25-15-7-8-16-26(25)30(29)20-10-2-3-11-20/h1,4-9,12-18,20H,2-3,10-11H2. The van der Waals surface area contributed by atoms with Gasteiger partial charge in [0.15, 0.2) is 0 Å². The van der Waals surface area contributed by atoms with Crippen LogP contribution in [0, 0.1) is 0 Å². The van der Waals surface area contributed by atoms with Crippen molar-refractivity contribution < 1.29 is 0 Å². The maximum absolute atomic E-state index is 2.70. The molecule has 1 saturated carbocycles. The third-order valence-corrected chi connectivity index (χ3v) is 7.25. The molecular formula is C29H23N. The normalized spacial score (nSPS) is 15.3. The Balaban J connectivity index is 1.86. The molecule has 1 fully saturated rings. The molecule has 0 amide bonds. The van der Waals surface area contributed by atoms with E-state index in [-0.39, 0.29) is 0 Å². The van der Waals surface area contributed by atoms with Crippen molar-refractivity contribution in [1.29, 1.82) is 0 Å². The maximum Gasteiger partial charge on any atom is 0.0580 e. The second-order valence-corrected chi connectivity index (χ2v) is 8.80. The predicted octanol–water partition coefficient (Wildman–Crippen LogP) is 8.37. The molecule has 0 bridgehead atoms. The largest absolute Gasteiger partial charge is 0.337 e. The zero-order valence-corrected chi connectivity index (χ0v) is 16.9. The fourth-order valence-corrected chi connectivity index (χ4v) is 6.01. The van der Waals surface area contributed by atoms with E-state index in [2.05, 4.69) is 89.5 Å². The van der Waals surface area contributed by atoms with Gasteiger partial charge in [0, 0.05) is 33.1 Å². The molecule has 0 spiro atoms. The monoisotopic (exact) mass is 385 g/mol. The van der Waals surface area contributed by atoms with E-state index in [1.807, 2.05) is 0 Å². The number of fused-ring (bicyclic) bond motifs is 10. The van der Waals surface area contributed by atoms with E-state index in [1.165, 1.54) is 79.8 Å². The molecule has 144 valence electrons. The van der Waals surface area contributed by atoms with Crippen molar-refractivity contribution in [3.8, 4) is 0 Å². The molecule has 0 atom stereocenters. The summed E-state index contributed by atoms with van der Waals surface area (Å²) >= 11 is 0. The summed E-state index contributed by atoms with van der Waals surface area (Å²) in [6.07, 6.45) is 5.26. The summed E-state index contributed by atoms with van der Waals surface area (Å²) in [4.78, 5) is 0. The van der Waals surface area contributed by atoms with Gasteiger partial charge < -0.3 is 4.57 Å². The molecule has 5 aromatic carbocycles. The van der Waals surface area contributed by atoms with Gasteiger partial charge >= 0.3 is 0 Å². The van der Waals surface area contributed by atoms with Crippen LogP contribution in [0.5, 0.6) is 0 Å². The lowest BCUT2D eigenvalue weighted by Crippen LogP contribution is -2.04. The zero-order chi connectivity index (χ0) is 19.7. The summed E-state index contributed by atoms with van der Waals surface area (Å²) in [5, 5.41) is 11.0. The van der Waals surface area contributed by atoms with Crippen molar-refractivity contribution >= 4 is 54.1 Å². The van der Waals surface area contributed by atoms with Crippen molar-refractivity contribution in [2.45, 2.75) is 31.7 Å². The molecule has 1 nitrogen and oxygen atoms in total. The van der Waals surface area contributed by atoms with E-state index in [0.717, 1.165) is 0 Å².